The summed E-state index contributed by atoms with van der Waals surface area (Å²) in [6, 6.07) is 4.49. The molecular weight excluding hydrogens is 637 g/mol. The van der Waals surface area contributed by atoms with Crippen molar-refractivity contribution in [3.63, 3.8) is 0 Å². The number of benzene rings is 1. The number of hydrogen-bond acceptors (Lipinski definition) is 11. The Labute approximate surface area is 286 Å². The molecular formula is C31H48BN9O8. The highest BCUT2D eigenvalue weighted by Crippen LogP contribution is 2.19. The smallest absolute Gasteiger partial charge is 0.426 e. The fourth-order valence-corrected chi connectivity index (χ4v) is 4.75. The number of nitrogens with one attached hydrogen (secondary N) is 6. The topological polar surface area (TPSA) is 243 Å². The summed E-state index contributed by atoms with van der Waals surface area (Å²) in [5, 5.41) is 37.3. The van der Waals surface area contributed by atoms with Crippen LogP contribution >= 0.6 is 0 Å². The third-order valence-corrected chi connectivity index (χ3v) is 7.65. The van der Waals surface area contributed by atoms with E-state index in [9.17, 15) is 38.8 Å². The van der Waals surface area contributed by atoms with Crippen molar-refractivity contribution in [2.45, 2.75) is 84.6 Å². The minimum absolute atomic E-state index is 0.0110. The van der Waals surface area contributed by atoms with Crippen LogP contribution in [0.4, 0.5) is 15.3 Å². The van der Waals surface area contributed by atoms with Gasteiger partial charge >= 0.3 is 19.2 Å². The van der Waals surface area contributed by atoms with Gasteiger partial charge in [-0.2, -0.15) is 10.2 Å². The van der Waals surface area contributed by atoms with Gasteiger partial charge in [0.25, 0.3) is 5.91 Å². The van der Waals surface area contributed by atoms with E-state index in [1.54, 1.807) is 52.0 Å². The van der Waals surface area contributed by atoms with Gasteiger partial charge in [0.15, 0.2) is 11.6 Å². The first-order chi connectivity index (χ1) is 23.3. The summed E-state index contributed by atoms with van der Waals surface area (Å²) < 4.78 is 0. The van der Waals surface area contributed by atoms with E-state index >= 15 is 0 Å². The molecule has 17 nitrogen and oxygen atoms in total. The Hall–Kier alpha value is -4.84. The number of hydrogen-bond donors (Lipinski definition) is 8. The number of carbonyl (C=O) groups excluding carboxylic acids is 6. The lowest BCUT2D eigenvalue weighted by molar-refractivity contribution is -0.132. The maximum absolute atomic E-state index is 12.7. The molecule has 8 N–H and O–H groups in total. The normalized spacial score (nSPS) is 15.1. The fraction of sp³-hybridized carbons (Fsp3) is 0.548. The van der Waals surface area contributed by atoms with E-state index in [-0.39, 0.29) is 37.0 Å². The lowest BCUT2D eigenvalue weighted by Gasteiger charge is -2.27. The van der Waals surface area contributed by atoms with E-state index in [4.69, 9.17) is 0 Å². The zero-order valence-corrected chi connectivity index (χ0v) is 28.5. The van der Waals surface area contributed by atoms with Crippen molar-refractivity contribution in [1.29, 1.82) is 0 Å². The lowest BCUT2D eigenvalue weighted by Crippen LogP contribution is -2.52. The van der Waals surface area contributed by atoms with E-state index in [1.165, 1.54) is 4.90 Å². The number of urea groups is 2. The molecule has 1 heterocycles. The van der Waals surface area contributed by atoms with E-state index < -0.39 is 37.1 Å². The second-order valence-corrected chi connectivity index (χ2v) is 11.6. The van der Waals surface area contributed by atoms with Crippen molar-refractivity contribution in [2.75, 3.05) is 31.5 Å². The molecule has 1 aromatic rings. The number of anilines is 1. The summed E-state index contributed by atoms with van der Waals surface area (Å²) in [6.45, 7) is 7.30. The average molecular weight is 686 g/mol. The standard InChI is InChI=1S/C31H48BN9O8/c1-5-33-30(46)39-37-20(2)21(3)38-40-31(47)35-19-26(43)11-8-6-7-10-25(42)18-34-24-15-13-23(14-16-24)28(44)36-22(4)29(45)41-17-9-12-27(41)32(48)49/h13-16,22,27,34,48-49H,5-12,17-19H2,1-4H3,(H,36,44)(H2,33,39,46)(H2,35,40,47)/b37-20+,38-21+/t22-,27+/m1/s1. The van der Waals surface area contributed by atoms with Crippen LogP contribution in [-0.4, -0.2) is 107 Å². The molecule has 0 bridgehead atoms. The van der Waals surface area contributed by atoms with Gasteiger partial charge < -0.3 is 36.2 Å². The highest BCUT2D eigenvalue weighted by atomic mass is 16.4. The monoisotopic (exact) mass is 685 g/mol. The van der Waals surface area contributed by atoms with Gasteiger partial charge in [-0.05, 0) is 77.6 Å². The third-order valence-electron chi connectivity index (χ3n) is 7.65. The van der Waals surface area contributed by atoms with Crippen LogP contribution < -0.4 is 32.1 Å². The van der Waals surface area contributed by atoms with Crippen LogP contribution in [0.1, 0.15) is 83.0 Å². The molecule has 49 heavy (non-hydrogen) atoms. The molecule has 1 saturated heterocycles. The van der Waals surface area contributed by atoms with Gasteiger partial charge in [-0.15, -0.1) is 0 Å². The van der Waals surface area contributed by atoms with Gasteiger partial charge in [-0.3, -0.25) is 19.2 Å². The minimum Gasteiger partial charge on any atom is -0.426 e. The predicted molar refractivity (Wildman–Crippen MR) is 185 cm³/mol. The quantitative estimate of drug-likeness (QED) is 0.0441. The Morgan fingerprint density at radius 1 is 0.878 bits per heavy atom. The predicted octanol–water partition coefficient (Wildman–Crippen LogP) is 0.679. The van der Waals surface area contributed by atoms with E-state index in [1.807, 2.05) is 0 Å². The van der Waals surface area contributed by atoms with Crippen LogP contribution in [0, 0.1) is 0 Å². The van der Waals surface area contributed by atoms with Gasteiger partial charge in [0.2, 0.25) is 5.91 Å². The third kappa shape index (κ3) is 14.9. The van der Waals surface area contributed by atoms with Crippen LogP contribution in [0.15, 0.2) is 34.5 Å². The molecule has 2 atom stereocenters. The first kappa shape index (κ1) is 40.3. The van der Waals surface area contributed by atoms with E-state index in [0.29, 0.717) is 74.3 Å². The minimum atomic E-state index is -1.63. The molecule has 1 fully saturated rings. The number of likely N-dealkylation sites (tertiary alicyclic amines) is 1. The summed E-state index contributed by atoms with van der Waals surface area (Å²) in [7, 11) is -1.63. The number of amides is 6. The number of unbranched alkanes of at least 4 members (excludes halogenated alkanes) is 2. The number of Topliss-reactive ketones (excluding diaryl/α,β-unsaturated/α-hetero) is 2. The molecule has 2 rings (SSSR count). The Morgan fingerprint density at radius 2 is 1.45 bits per heavy atom. The first-order valence-corrected chi connectivity index (χ1v) is 16.3. The molecule has 0 saturated carbocycles. The summed E-state index contributed by atoms with van der Waals surface area (Å²) >= 11 is 0. The van der Waals surface area contributed by atoms with Crippen molar-refractivity contribution >= 4 is 59.7 Å². The van der Waals surface area contributed by atoms with Gasteiger partial charge in [-0.25, -0.2) is 20.4 Å². The second kappa shape index (κ2) is 21.2. The van der Waals surface area contributed by atoms with Crippen molar-refractivity contribution in [1.82, 2.24) is 31.7 Å². The number of rotatable bonds is 19. The fourth-order valence-electron chi connectivity index (χ4n) is 4.75. The van der Waals surface area contributed by atoms with Crippen molar-refractivity contribution in [2.24, 2.45) is 10.2 Å². The SMILES string of the molecule is CCNC(=O)N/N=C(C)/C(C)=N/NC(=O)NCC(=O)CCCCCC(=O)CNc1ccc(C(=O)N[C@H](C)C(=O)N2CCC[C@H]2B(O)O)cc1. The van der Waals surface area contributed by atoms with Crippen molar-refractivity contribution in [3.8, 4) is 0 Å². The molecule has 1 aliphatic rings. The van der Waals surface area contributed by atoms with Gasteiger partial charge in [0.05, 0.1) is 30.5 Å². The molecule has 0 aliphatic carbocycles. The molecule has 0 spiro atoms. The summed E-state index contributed by atoms with van der Waals surface area (Å²) in [5.74, 6) is -1.68. The van der Waals surface area contributed by atoms with Crippen LogP contribution in [0.3, 0.4) is 0 Å². The lowest BCUT2D eigenvalue weighted by atomic mass is 9.78. The van der Waals surface area contributed by atoms with Gasteiger partial charge in [-0.1, -0.05) is 6.42 Å². The number of nitrogens with zero attached hydrogens (tertiary/aromatic N) is 3. The van der Waals surface area contributed by atoms with Crippen molar-refractivity contribution < 1.29 is 38.8 Å². The Kier molecular flexibility index (Phi) is 17.5. The molecule has 0 radical (unpaired) electrons. The first-order valence-electron chi connectivity index (χ1n) is 16.3. The largest absolute Gasteiger partial charge is 0.475 e. The Balaban J connectivity index is 1.60. The molecule has 1 aromatic carbocycles. The number of hydrazone groups is 2. The van der Waals surface area contributed by atoms with E-state index in [0.717, 1.165) is 0 Å². The van der Waals surface area contributed by atoms with Crippen LogP contribution in [0.25, 0.3) is 0 Å². The molecule has 6 amide bonds. The number of ketones is 2. The van der Waals surface area contributed by atoms with Crippen LogP contribution in [0.2, 0.25) is 0 Å². The maximum Gasteiger partial charge on any atom is 0.475 e. The molecule has 18 heteroatoms. The highest BCUT2D eigenvalue weighted by Gasteiger charge is 2.38. The van der Waals surface area contributed by atoms with Gasteiger partial charge in [0.1, 0.15) is 6.04 Å². The van der Waals surface area contributed by atoms with E-state index in [2.05, 4.69) is 42.3 Å². The summed E-state index contributed by atoms with van der Waals surface area (Å²) in [5.41, 5.74) is 6.28. The summed E-state index contributed by atoms with van der Waals surface area (Å²) in [6.07, 6.45) is 3.58. The molecule has 0 unspecified atom stereocenters. The molecule has 0 aromatic heterocycles. The summed E-state index contributed by atoms with van der Waals surface area (Å²) in [4.78, 5) is 74.5. The molecule has 1 aliphatic heterocycles. The van der Waals surface area contributed by atoms with Gasteiger partial charge in [0, 0.05) is 37.2 Å². The zero-order chi connectivity index (χ0) is 36.3. The van der Waals surface area contributed by atoms with Crippen molar-refractivity contribution in [3.05, 3.63) is 29.8 Å². The number of carbonyl (C=O) groups is 6. The highest BCUT2D eigenvalue weighted by molar-refractivity contribution is 6.43. The second-order valence-electron chi connectivity index (χ2n) is 11.6. The molecule has 268 valence electrons. The Morgan fingerprint density at radius 3 is 2.02 bits per heavy atom. The zero-order valence-electron chi connectivity index (χ0n) is 28.5. The van der Waals surface area contributed by atoms with Crippen LogP contribution in [0.5, 0.6) is 0 Å². The maximum atomic E-state index is 12.7. The Bertz CT molecular complexity index is 1370. The van der Waals surface area contributed by atoms with Crippen LogP contribution in [-0.2, 0) is 14.4 Å². The average Bonchev–Trinajstić information content (AvgIpc) is 3.58.